The number of likely N-dealkylation sites (tertiary alicyclic amines) is 1. The van der Waals surface area contributed by atoms with Crippen molar-refractivity contribution in [3.8, 4) is 0 Å². The summed E-state index contributed by atoms with van der Waals surface area (Å²) in [6.07, 6.45) is -2.26. The van der Waals surface area contributed by atoms with Crippen molar-refractivity contribution in [3.05, 3.63) is 35.9 Å². The molecule has 0 aromatic heterocycles. The average molecular weight is 354 g/mol. The van der Waals surface area contributed by atoms with Crippen LogP contribution in [-0.2, 0) is 16.1 Å². The summed E-state index contributed by atoms with van der Waals surface area (Å²) in [6.45, 7) is 0.313. The van der Waals surface area contributed by atoms with Gasteiger partial charge in [-0.3, -0.25) is 9.59 Å². The molecule has 5 N–H and O–H groups in total. The minimum atomic E-state index is -1.42. The lowest BCUT2D eigenvalue weighted by Gasteiger charge is -2.26. The number of hydrogen-bond acceptors (Lipinski definition) is 6. The molecule has 1 aliphatic rings. The number of hydrogen-bond donors (Lipinski definition) is 4. The lowest BCUT2D eigenvalue weighted by molar-refractivity contribution is -0.138. The molecule has 1 aromatic rings. The van der Waals surface area contributed by atoms with E-state index in [0.717, 1.165) is 5.56 Å². The molecule has 0 saturated carbocycles. The number of amides is 1. The van der Waals surface area contributed by atoms with E-state index in [9.17, 15) is 19.8 Å². The van der Waals surface area contributed by atoms with Crippen LogP contribution in [0.25, 0.3) is 0 Å². The number of thioether (sulfide) groups is 1. The number of carbonyl (C=O) groups is 2. The van der Waals surface area contributed by atoms with Crippen LogP contribution in [0.15, 0.2) is 30.3 Å². The van der Waals surface area contributed by atoms with Crippen LogP contribution in [0.3, 0.4) is 0 Å². The smallest absolute Gasteiger partial charge is 0.320 e. The molecule has 0 unspecified atom stereocenters. The van der Waals surface area contributed by atoms with Gasteiger partial charge in [-0.2, -0.15) is 11.8 Å². The first-order valence-electron chi connectivity index (χ1n) is 7.68. The minimum absolute atomic E-state index is 0.304. The van der Waals surface area contributed by atoms with Gasteiger partial charge in [-0.15, -0.1) is 0 Å². The van der Waals surface area contributed by atoms with E-state index in [1.807, 2.05) is 30.3 Å². The minimum Gasteiger partial charge on any atom is -0.480 e. The summed E-state index contributed by atoms with van der Waals surface area (Å²) in [4.78, 5) is 24.3. The Morgan fingerprint density at radius 2 is 1.96 bits per heavy atom. The predicted molar refractivity (Wildman–Crippen MR) is 90.3 cm³/mol. The van der Waals surface area contributed by atoms with Crippen LogP contribution in [0, 0.1) is 0 Å². The highest BCUT2D eigenvalue weighted by molar-refractivity contribution is 7.99. The predicted octanol–water partition coefficient (Wildman–Crippen LogP) is -0.346. The lowest BCUT2D eigenvalue weighted by Crippen LogP contribution is -2.39. The number of carbonyl (C=O) groups excluding carboxylic acids is 1. The molecule has 0 bridgehead atoms. The summed E-state index contributed by atoms with van der Waals surface area (Å²) in [5, 5.41) is 28.7. The Kier molecular flexibility index (Phi) is 6.61. The van der Waals surface area contributed by atoms with Crippen LogP contribution in [-0.4, -0.2) is 67.9 Å². The summed E-state index contributed by atoms with van der Waals surface area (Å²) in [5.41, 5.74) is 6.36. The number of nitrogens with zero attached hydrogens (tertiary/aromatic N) is 1. The number of carboxylic acid groups (broad SMARTS) is 1. The highest BCUT2D eigenvalue weighted by Crippen LogP contribution is 2.26. The molecule has 1 heterocycles. The quantitative estimate of drug-likeness (QED) is 0.471. The van der Waals surface area contributed by atoms with Crippen molar-refractivity contribution in [3.63, 3.8) is 0 Å². The van der Waals surface area contributed by atoms with Gasteiger partial charge in [-0.05, 0) is 17.7 Å². The third-order valence-electron chi connectivity index (χ3n) is 4.03. The molecule has 132 valence electrons. The fraction of sp³-hybridized carbons (Fsp3) is 0.500. The average Bonchev–Trinajstić information content (AvgIpc) is 2.77. The maximum atomic E-state index is 12.2. The lowest BCUT2D eigenvalue weighted by atomic mass is 10.1. The normalized spacial score (nSPS) is 25.0. The van der Waals surface area contributed by atoms with Crippen LogP contribution in [0.5, 0.6) is 0 Å². The molecular weight excluding hydrogens is 332 g/mol. The Morgan fingerprint density at radius 1 is 1.29 bits per heavy atom. The molecule has 0 aliphatic carbocycles. The van der Waals surface area contributed by atoms with Gasteiger partial charge in [0.1, 0.15) is 12.1 Å². The van der Waals surface area contributed by atoms with Crippen LogP contribution >= 0.6 is 11.8 Å². The molecule has 1 saturated heterocycles. The molecule has 0 radical (unpaired) electrons. The summed E-state index contributed by atoms with van der Waals surface area (Å²) < 4.78 is 0. The third-order valence-corrected chi connectivity index (χ3v) is 5.13. The SMILES string of the molecule is N[C@@H](CCSC[C@@H]1[C@@H](O)[C@@H](O)C(=O)N1Cc1ccccc1)C(=O)O. The van der Waals surface area contributed by atoms with Gasteiger partial charge in [0.05, 0.1) is 6.04 Å². The Labute approximate surface area is 144 Å². The summed E-state index contributed by atoms with van der Waals surface area (Å²) in [7, 11) is 0. The standard InChI is InChI=1S/C16H22N2O5S/c17-11(16(22)23)6-7-24-9-12-13(19)14(20)15(21)18(12)8-10-4-2-1-3-5-10/h1-5,11-14,19-20H,6-9,17H2,(H,22,23)/t11-,12+,13+,14+/m0/s1. The highest BCUT2D eigenvalue weighted by atomic mass is 32.2. The molecular formula is C16H22N2O5S. The van der Waals surface area contributed by atoms with Gasteiger partial charge in [0.15, 0.2) is 6.10 Å². The molecule has 1 fully saturated rings. The zero-order valence-electron chi connectivity index (χ0n) is 13.1. The second-order valence-electron chi connectivity index (χ2n) is 5.76. The van der Waals surface area contributed by atoms with E-state index in [-0.39, 0.29) is 0 Å². The Morgan fingerprint density at radius 3 is 2.58 bits per heavy atom. The Balaban J connectivity index is 1.94. The zero-order chi connectivity index (χ0) is 17.7. The Bertz CT molecular complexity index is 571. The van der Waals surface area contributed by atoms with Gasteiger partial charge in [-0.25, -0.2) is 0 Å². The number of aliphatic hydroxyl groups is 2. The van der Waals surface area contributed by atoms with Crippen molar-refractivity contribution < 1.29 is 24.9 Å². The van der Waals surface area contributed by atoms with Crippen molar-refractivity contribution in [2.24, 2.45) is 5.73 Å². The largest absolute Gasteiger partial charge is 0.480 e. The molecule has 2 rings (SSSR count). The van der Waals surface area contributed by atoms with Crippen molar-refractivity contribution in [1.82, 2.24) is 4.90 Å². The second-order valence-corrected chi connectivity index (χ2v) is 6.91. The van der Waals surface area contributed by atoms with Gasteiger partial charge in [0.2, 0.25) is 0 Å². The number of carboxylic acids is 1. The number of aliphatic carboxylic acids is 1. The first-order chi connectivity index (χ1) is 11.4. The monoisotopic (exact) mass is 354 g/mol. The molecule has 24 heavy (non-hydrogen) atoms. The van der Waals surface area contributed by atoms with E-state index >= 15 is 0 Å². The van der Waals surface area contributed by atoms with E-state index < -0.39 is 36.2 Å². The topological polar surface area (TPSA) is 124 Å². The van der Waals surface area contributed by atoms with Gasteiger partial charge in [-0.1, -0.05) is 30.3 Å². The Hall–Kier alpha value is -1.61. The number of benzene rings is 1. The summed E-state index contributed by atoms with van der Waals surface area (Å²) in [6, 6.07) is 7.91. The number of aliphatic hydroxyl groups excluding tert-OH is 2. The molecule has 4 atom stereocenters. The van der Waals surface area contributed by atoms with Crippen molar-refractivity contribution in [1.29, 1.82) is 0 Å². The molecule has 8 heteroatoms. The molecule has 7 nitrogen and oxygen atoms in total. The maximum absolute atomic E-state index is 12.2. The summed E-state index contributed by atoms with van der Waals surface area (Å²) in [5.74, 6) is -0.629. The maximum Gasteiger partial charge on any atom is 0.320 e. The zero-order valence-corrected chi connectivity index (χ0v) is 13.9. The first kappa shape index (κ1) is 18.7. The van der Waals surface area contributed by atoms with Crippen molar-refractivity contribution >= 4 is 23.6 Å². The van der Waals surface area contributed by atoms with Crippen molar-refractivity contribution in [2.75, 3.05) is 11.5 Å². The second kappa shape index (κ2) is 8.48. The van der Waals surface area contributed by atoms with Crippen LogP contribution in [0.4, 0.5) is 0 Å². The number of nitrogens with two attached hydrogens (primary N) is 1. The van der Waals surface area contributed by atoms with Crippen molar-refractivity contribution in [2.45, 2.75) is 37.3 Å². The fourth-order valence-electron chi connectivity index (χ4n) is 2.58. The highest BCUT2D eigenvalue weighted by Gasteiger charge is 2.46. The van der Waals surface area contributed by atoms with Gasteiger partial charge in [0.25, 0.3) is 5.91 Å². The van der Waals surface area contributed by atoms with Gasteiger partial charge < -0.3 is 26.0 Å². The third kappa shape index (κ3) is 4.47. The van der Waals surface area contributed by atoms with Crippen LogP contribution in [0.1, 0.15) is 12.0 Å². The van der Waals surface area contributed by atoms with E-state index in [4.69, 9.17) is 10.8 Å². The first-order valence-corrected chi connectivity index (χ1v) is 8.84. The van der Waals surface area contributed by atoms with E-state index in [0.29, 0.717) is 24.5 Å². The van der Waals surface area contributed by atoms with Crippen LogP contribution < -0.4 is 5.73 Å². The fourth-order valence-corrected chi connectivity index (χ4v) is 3.78. The van der Waals surface area contributed by atoms with E-state index in [2.05, 4.69) is 0 Å². The number of rotatable bonds is 8. The molecule has 0 spiro atoms. The van der Waals surface area contributed by atoms with Gasteiger partial charge >= 0.3 is 5.97 Å². The van der Waals surface area contributed by atoms with E-state index in [1.54, 1.807) is 0 Å². The van der Waals surface area contributed by atoms with E-state index in [1.165, 1.54) is 16.7 Å². The summed E-state index contributed by atoms with van der Waals surface area (Å²) >= 11 is 1.41. The van der Waals surface area contributed by atoms with Gasteiger partial charge in [0, 0.05) is 12.3 Å². The molecule has 1 aromatic carbocycles. The molecule has 1 aliphatic heterocycles. The molecule has 1 amide bonds. The van der Waals surface area contributed by atoms with Crippen LogP contribution in [0.2, 0.25) is 0 Å².